The molecule has 2 fully saturated rings. The Labute approximate surface area is 183 Å². The molecule has 1 aliphatic heterocycles. The number of hydrogen-bond donors (Lipinski definition) is 2. The van der Waals surface area contributed by atoms with Crippen LogP contribution in [0.1, 0.15) is 46.5 Å². The molecule has 1 unspecified atom stereocenters. The third-order valence-corrected chi connectivity index (χ3v) is 6.90. The summed E-state index contributed by atoms with van der Waals surface area (Å²) in [6, 6.07) is 5.53. The van der Waals surface area contributed by atoms with E-state index in [9.17, 15) is 9.59 Å². The molecule has 1 saturated heterocycles. The van der Waals surface area contributed by atoms with Gasteiger partial charge in [0.1, 0.15) is 11.3 Å². The van der Waals surface area contributed by atoms with Crippen LogP contribution in [0.3, 0.4) is 0 Å². The van der Waals surface area contributed by atoms with Gasteiger partial charge in [0, 0.05) is 55.5 Å². The van der Waals surface area contributed by atoms with Gasteiger partial charge in [-0.25, -0.2) is 15.0 Å². The van der Waals surface area contributed by atoms with Crippen LogP contribution < -0.4 is 5.32 Å². The van der Waals surface area contributed by atoms with Crippen LogP contribution in [0.25, 0.3) is 16.8 Å². The summed E-state index contributed by atoms with van der Waals surface area (Å²) < 4.78 is 1.72. The number of pyridine rings is 1. The van der Waals surface area contributed by atoms with E-state index in [1.165, 1.54) is 6.42 Å². The van der Waals surface area contributed by atoms with Crippen molar-refractivity contribution in [3.63, 3.8) is 0 Å². The molecule has 2 aliphatic rings. The fourth-order valence-corrected chi connectivity index (χ4v) is 5.09. The average Bonchev–Trinajstić information content (AvgIpc) is 3.52. The first-order valence-corrected chi connectivity index (χ1v) is 10.9. The number of nitrogens with zero attached hydrogens (tertiary/aromatic N) is 5. The number of carbonyl (C=O) groups excluding carboxylic acids is 2. The van der Waals surface area contributed by atoms with Crippen LogP contribution in [0, 0.1) is 5.41 Å². The molecule has 32 heavy (non-hydrogen) atoms. The Balaban J connectivity index is 1.21. The highest BCUT2D eigenvalue weighted by Crippen LogP contribution is 2.50. The predicted molar refractivity (Wildman–Crippen MR) is 117 cm³/mol. The van der Waals surface area contributed by atoms with E-state index in [1.807, 2.05) is 23.2 Å². The van der Waals surface area contributed by atoms with E-state index in [0.29, 0.717) is 23.6 Å². The van der Waals surface area contributed by atoms with E-state index >= 15 is 0 Å². The number of aromatic amines is 1. The molecule has 0 radical (unpaired) electrons. The number of amides is 2. The number of likely N-dealkylation sites (tertiary alicyclic amines) is 1. The Morgan fingerprint density at radius 1 is 1.28 bits per heavy atom. The third-order valence-electron chi connectivity index (χ3n) is 6.90. The van der Waals surface area contributed by atoms with Gasteiger partial charge in [0.05, 0.1) is 5.56 Å². The molecule has 9 nitrogen and oxygen atoms in total. The highest BCUT2D eigenvalue weighted by molar-refractivity contribution is 5.97. The second-order valence-corrected chi connectivity index (χ2v) is 8.95. The minimum atomic E-state index is -0.257. The van der Waals surface area contributed by atoms with E-state index in [0.717, 1.165) is 36.8 Å². The van der Waals surface area contributed by atoms with Crippen LogP contribution in [0.5, 0.6) is 0 Å². The van der Waals surface area contributed by atoms with E-state index in [2.05, 4.69) is 25.3 Å². The summed E-state index contributed by atoms with van der Waals surface area (Å²) in [6.07, 6.45) is 12.9. The van der Waals surface area contributed by atoms with Crippen molar-refractivity contribution >= 4 is 28.6 Å². The second-order valence-electron chi connectivity index (χ2n) is 8.95. The minimum absolute atomic E-state index is 0.0273. The summed E-state index contributed by atoms with van der Waals surface area (Å²) >= 11 is 0. The molecular formula is C23H23N7O2. The summed E-state index contributed by atoms with van der Waals surface area (Å²) in [4.78, 5) is 44.0. The Bertz CT molecular complexity index is 1300. The average molecular weight is 429 g/mol. The highest BCUT2D eigenvalue weighted by atomic mass is 16.2. The fraction of sp³-hybridized carbons (Fsp3) is 0.348. The maximum atomic E-state index is 13.4. The first kappa shape index (κ1) is 19.0. The van der Waals surface area contributed by atoms with Gasteiger partial charge < -0.3 is 15.2 Å². The third kappa shape index (κ3) is 3.12. The molecule has 1 spiro atoms. The number of hydrogen-bond acceptors (Lipinski definition) is 5. The van der Waals surface area contributed by atoms with Crippen molar-refractivity contribution in [1.29, 1.82) is 0 Å². The molecular weight excluding hydrogens is 406 g/mol. The first-order valence-electron chi connectivity index (χ1n) is 10.9. The topological polar surface area (TPSA) is 108 Å². The molecule has 4 aromatic rings. The maximum Gasteiger partial charge on any atom is 0.271 e. The van der Waals surface area contributed by atoms with Crippen LogP contribution >= 0.6 is 0 Å². The van der Waals surface area contributed by atoms with Gasteiger partial charge in [-0.05, 0) is 42.9 Å². The number of rotatable bonds is 4. The van der Waals surface area contributed by atoms with Crippen LogP contribution in [0.15, 0.2) is 49.2 Å². The van der Waals surface area contributed by atoms with E-state index in [-0.39, 0.29) is 23.3 Å². The van der Waals surface area contributed by atoms with Crippen molar-refractivity contribution in [2.45, 2.75) is 31.7 Å². The van der Waals surface area contributed by atoms with Crippen molar-refractivity contribution < 1.29 is 9.59 Å². The largest absolute Gasteiger partial charge is 0.349 e. The lowest BCUT2D eigenvalue weighted by Gasteiger charge is -2.37. The lowest BCUT2D eigenvalue weighted by Crippen LogP contribution is -2.43. The Hall–Kier alpha value is -3.75. The lowest BCUT2D eigenvalue weighted by atomic mass is 9.67. The number of aromatic nitrogens is 5. The number of carbonyl (C=O) groups is 2. The summed E-state index contributed by atoms with van der Waals surface area (Å²) in [5, 5.41) is 3.91. The van der Waals surface area contributed by atoms with Crippen LogP contribution in [-0.2, 0) is 0 Å². The highest BCUT2D eigenvalue weighted by Gasteiger charge is 2.49. The van der Waals surface area contributed by atoms with Gasteiger partial charge in [0.25, 0.3) is 11.8 Å². The SMILES string of the molecule is O=C(NCC1CC2(CCC2)CN1C(=O)c1cnc2[nH]ccc2c1)c1cn2cccnc2n1. The van der Waals surface area contributed by atoms with Crippen LogP contribution in [-0.4, -0.2) is 60.2 Å². The first-order chi connectivity index (χ1) is 15.6. The summed E-state index contributed by atoms with van der Waals surface area (Å²) in [7, 11) is 0. The van der Waals surface area contributed by atoms with Crippen molar-refractivity contribution in [2.75, 3.05) is 13.1 Å². The smallest absolute Gasteiger partial charge is 0.271 e. The molecule has 1 aliphatic carbocycles. The number of nitrogens with one attached hydrogen (secondary N) is 2. The fourth-order valence-electron chi connectivity index (χ4n) is 5.09. The second kappa shape index (κ2) is 7.15. The van der Waals surface area contributed by atoms with E-state index in [1.54, 1.807) is 35.3 Å². The van der Waals surface area contributed by atoms with Gasteiger partial charge in [-0.1, -0.05) is 6.42 Å². The summed E-state index contributed by atoms with van der Waals surface area (Å²) in [5.74, 6) is 0.199. The summed E-state index contributed by atoms with van der Waals surface area (Å²) in [5.41, 5.74) is 1.85. The van der Waals surface area contributed by atoms with Gasteiger partial charge in [-0.3, -0.25) is 14.0 Å². The number of imidazole rings is 1. The molecule has 2 N–H and O–H groups in total. The molecule has 0 aromatic carbocycles. The van der Waals surface area contributed by atoms with Gasteiger partial charge >= 0.3 is 0 Å². The van der Waals surface area contributed by atoms with Crippen molar-refractivity contribution in [3.05, 3.63) is 60.4 Å². The van der Waals surface area contributed by atoms with E-state index in [4.69, 9.17) is 0 Å². The van der Waals surface area contributed by atoms with Crippen LogP contribution in [0.4, 0.5) is 0 Å². The molecule has 0 bridgehead atoms. The monoisotopic (exact) mass is 429 g/mol. The lowest BCUT2D eigenvalue weighted by molar-refractivity contribution is 0.0686. The minimum Gasteiger partial charge on any atom is -0.349 e. The maximum absolute atomic E-state index is 13.4. The Kier molecular flexibility index (Phi) is 4.24. The molecule has 4 aromatic heterocycles. The van der Waals surface area contributed by atoms with Gasteiger partial charge in [0.2, 0.25) is 5.78 Å². The normalized spacial score (nSPS) is 19.5. The molecule has 2 amide bonds. The standard InChI is InChI=1S/C23H23N7O2/c31-20(18-13-29-8-2-6-25-22(29)28-18)27-12-17-10-23(4-1-5-23)14-30(17)21(32)16-9-15-3-7-24-19(15)26-11-16/h2-3,6-9,11,13,17H,1,4-5,10,12,14H2,(H,24,26)(H,27,31). The number of fused-ring (bicyclic) bond motifs is 2. The van der Waals surface area contributed by atoms with E-state index < -0.39 is 0 Å². The molecule has 1 atom stereocenters. The molecule has 162 valence electrons. The van der Waals surface area contributed by atoms with Crippen LogP contribution in [0.2, 0.25) is 0 Å². The zero-order valence-corrected chi connectivity index (χ0v) is 17.5. The zero-order valence-electron chi connectivity index (χ0n) is 17.5. The summed E-state index contributed by atoms with van der Waals surface area (Å²) in [6.45, 7) is 1.13. The molecule has 1 saturated carbocycles. The van der Waals surface area contributed by atoms with Gasteiger partial charge in [0.15, 0.2) is 0 Å². The van der Waals surface area contributed by atoms with Crippen molar-refractivity contribution in [1.82, 2.24) is 34.6 Å². The van der Waals surface area contributed by atoms with Crippen molar-refractivity contribution in [3.8, 4) is 0 Å². The predicted octanol–water partition coefficient (Wildman–Crippen LogP) is 2.42. The van der Waals surface area contributed by atoms with Gasteiger partial charge in [-0.15, -0.1) is 0 Å². The van der Waals surface area contributed by atoms with Crippen molar-refractivity contribution in [2.24, 2.45) is 5.41 Å². The molecule has 6 rings (SSSR count). The number of H-pyrrole nitrogens is 1. The Morgan fingerprint density at radius 3 is 3.00 bits per heavy atom. The molecule has 5 heterocycles. The zero-order chi connectivity index (χ0) is 21.7. The van der Waals surface area contributed by atoms with Gasteiger partial charge in [-0.2, -0.15) is 0 Å². The Morgan fingerprint density at radius 2 is 2.19 bits per heavy atom. The molecule has 9 heteroatoms. The quantitative estimate of drug-likeness (QED) is 0.518.